The second kappa shape index (κ2) is 9.59. The highest BCUT2D eigenvalue weighted by Crippen LogP contribution is 2.36. The SMILES string of the molecule is CCCCCCCCN1CCC2(CC1)Cc1ccccc1C(=O)O2.Cl. The van der Waals surface area contributed by atoms with Gasteiger partial charge in [0.05, 0.1) is 5.56 Å². The van der Waals surface area contributed by atoms with E-state index in [1.165, 1.54) is 45.1 Å². The van der Waals surface area contributed by atoms with E-state index in [0.717, 1.165) is 43.5 Å². The zero-order chi connectivity index (χ0) is 16.8. The third-order valence-electron chi connectivity index (χ3n) is 5.65. The van der Waals surface area contributed by atoms with Gasteiger partial charge in [0.2, 0.25) is 0 Å². The highest BCUT2D eigenvalue weighted by Gasteiger charge is 2.42. The number of hydrogen-bond donors (Lipinski definition) is 0. The predicted octanol–water partition coefficient (Wildman–Crippen LogP) is 5.02. The van der Waals surface area contributed by atoms with Gasteiger partial charge >= 0.3 is 5.97 Å². The zero-order valence-corrected chi connectivity index (χ0v) is 16.3. The molecule has 0 aliphatic carbocycles. The highest BCUT2D eigenvalue weighted by atomic mass is 35.5. The van der Waals surface area contributed by atoms with Crippen molar-refractivity contribution in [2.45, 2.75) is 70.3 Å². The van der Waals surface area contributed by atoms with E-state index in [0.29, 0.717) is 0 Å². The van der Waals surface area contributed by atoms with E-state index in [9.17, 15) is 4.79 Å². The number of carbonyl (C=O) groups excluding carboxylic acids is 1. The molecule has 0 amide bonds. The number of esters is 1. The molecule has 3 nitrogen and oxygen atoms in total. The average Bonchev–Trinajstić information content (AvgIpc) is 2.60. The fourth-order valence-electron chi connectivity index (χ4n) is 4.09. The summed E-state index contributed by atoms with van der Waals surface area (Å²) in [5.41, 5.74) is 1.68. The van der Waals surface area contributed by atoms with Gasteiger partial charge in [-0.2, -0.15) is 0 Å². The van der Waals surface area contributed by atoms with Crippen LogP contribution in [0.5, 0.6) is 0 Å². The molecule has 2 heterocycles. The molecule has 1 saturated heterocycles. The Morgan fingerprint density at radius 2 is 1.72 bits per heavy atom. The molecule has 0 N–H and O–H groups in total. The number of piperidine rings is 1. The monoisotopic (exact) mass is 365 g/mol. The first kappa shape index (κ1) is 20.3. The number of halogens is 1. The first-order chi connectivity index (χ1) is 11.7. The van der Waals surface area contributed by atoms with Crippen molar-refractivity contribution >= 4 is 18.4 Å². The van der Waals surface area contributed by atoms with E-state index >= 15 is 0 Å². The Hall–Kier alpha value is -1.06. The summed E-state index contributed by atoms with van der Waals surface area (Å²) in [6.45, 7) is 5.58. The first-order valence-electron chi connectivity index (χ1n) is 9.76. The summed E-state index contributed by atoms with van der Waals surface area (Å²) < 4.78 is 5.89. The Labute approximate surface area is 158 Å². The van der Waals surface area contributed by atoms with Crippen molar-refractivity contribution in [1.82, 2.24) is 4.90 Å². The van der Waals surface area contributed by atoms with Crippen molar-refractivity contribution in [1.29, 1.82) is 0 Å². The van der Waals surface area contributed by atoms with Gasteiger partial charge in [-0.05, 0) is 24.6 Å². The van der Waals surface area contributed by atoms with E-state index in [1.54, 1.807) is 0 Å². The molecule has 0 atom stereocenters. The fraction of sp³-hybridized carbons (Fsp3) is 0.667. The molecule has 4 heteroatoms. The lowest BCUT2D eigenvalue weighted by molar-refractivity contribution is -0.0566. The second-order valence-corrected chi connectivity index (χ2v) is 7.52. The summed E-state index contributed by atoms with van der Waals surface area (Å²) in [7, 11) is 0. The molecule has 2 aliphatic rings. The van der Waals surface area contributed by atoms with E-state index in [-0.39, 0.29) is 24.0 Å². The van der Waals surface area contributed by atoms with Gasteiger partial charge in [-0.1, -0.05) is 57.2 Å². The van der Waals surface area contributed by atoms with Crippen LogP contribution in [0.15, 0.2) is 24.3 Å². The van der Waals surface area contributed by atoms with Crippen molar-refractivity contribution in [3.05, 3.63) is 35.4 Å². The molecule has 25 heavy (non-hydrogen) atoms. The molecule has 1 aromatic rings. The quantitative estimate of drug-likeness (QED) is 0.502. The third kappa shape index (κ3) is 5.21. The van der Waals surface area contributed by atoms with Gasteiger partial charge in [0, 0.05) is 32.4 Å². The Bertz CT molecular complexity index is 553. The molecule has 0 aromatic heterocycles. The van der Waals surface area contributed by atoms with Crippen LogP contribution in [-0.2, 0) is 11.2 Å². The molecular formula is C21H32ClNO2. The number of carbonyl (C=O) groups is 1. The maximum absolute atomic E-state index is 12.3. The largest absolute Gasteiger partial charge is 0.455 e. The van der Waals surface area contributed by atoms with Crippen LogP contribution in [0.25, 0.3) is 0 Å². The molecular weight excluding hydrogens is 334 g/mol. The minimum atomic E-state index is -0.247. The molecule has 1 fully saturated rings. The minimum Gasteiger partial charge on any atom is -0.455 e. The van der Waals surface area contributed by atoms with Crippen LogP contribution in [0.1, 0.15) is 74.2 Å². The zero-order valence-electron chi connectivity index (χ0n) is 15.5. The number of ether oxygens (including phenoxy) is 1. The minimum absolute atomic E-state index is 0. The van der Waals surface area contributed by atoms with Crippen molar-refractivity contribution in [3.63, 3.8) is 0 Å². The molecule has 140 valence electrons. The number of rotatable bonds is 7. The van der Waals surface area contributed by atoms with Crippen LogP contribution in [-0.4, -0.2) is 36.1 Å². The van der Waals surface area contributed by atoms with E-state index in [1.807, 2.05) is 18.2 Å². The Balaban J connectivity index is 0.00000225. The van der Waals surface area contributed by atoms with Crippen molar-refractivity contribution in [2.75, 3.05) is 19.6 Å². The van der Waals surface area contributed by atoms with Gasteiger partial charge in [-0.15, -0.1) is 12.4 Å². The van der Waals surface area contributed by atoms with Gasteiger partial charge in [-0.25, -0.2) is 4.79 Å². The maximum Gasteiger partial charge on any atom is 0.338 e. The molecule has 0 bridgehead atoms. The van der Waals surface area contributed by atoms with Gasteiger partial charge in [0.25, 0.3) is 0 Å². The van der Waals surface area contributed by atoms with Crippen LogP contribution in [0, 0.1) is 0 Å². The predicted molar refractivity (Wildman–Crippen MR) is 105 cm³/mol. The second-order valence-electron chi connectivity index (χ2n) is 7.52. The van der Waals surface area contributed by atoms with Gasteiger partial charge in [0.15, 0.2) is 0 Å². The number of nitrogens with zero attached hydrogens (tertiary/aromatic N) is 1. The molecule has 1 aromatic carbocycles. The summed E-state index contributed by atoms with van der Waals surface area (Å²) in [6.07, 6.45) is 10.9. The Morgan fingerprint density at radius 1 is 1.04 bits per heavy atom. The summed E-state index contributed by atoms with van der Waals surface area (Å²) >= 11 is 0. The number of fused-ring (bicyclic) bond motifs is 1. The molecule has 0 unspecified atom stereocenters. The van der Waals surface area contributed by atoms with Gasteiger partial charge < -0.3 is 9.64 Å². The van der Waals surface area contributed by atoms with Crippen LogP contribution in [0.2, 0.25) is 0 Å². The van der Waals surface area contributed by atoms with E-state index < -0.39 is 0 Å². The standard InChI is InChI=1S/C21H31NO2.ClH/c1-2-3-4-5-6-9-14-22-15-12-21(13-16-22)17-18-10-7-8-11-19(18)20(23)24-21;/h7-8,10-11H,2-6,9,12-17H2,1H3;1H. The number of unbranched alkanes of at least 4 members (excludes halogenated alkanes) is 5. The lowest BCUT2D eigenvalue weighted by Gasteiger charge is -2.43. The fourth-order valence-corrected chi connectivity index (χ4v) is 4.09. The molecule has 0 radical (unpaired) electrons. The van der Waals surface area contributed by atoms with Crippen molar-refractivity contribution < 1.29 is 9.53 Å². The van der Waals surface area contributed by atoms with Crippen LogP contribution in [0.4, 0.5) is 0 Å². The molecule has 2 aliphatic heterocycles. The smallest absolute Gasteiger partial charge is 0.338 e. The van der Waals surface area contributed by atoms with E-state index in [4.69, 9.17) is 4.74 Å². The molecule has 1 spiro atoms. The average molecular weight is 366 g/mol. The maximum atomic E-state index is 12.3. The Morgan fingerprint density at radius 3 is 2.48 bits per heavy atom. The number of likely N-dealkylation sites (tertiary alicyclic amines) is 1. The first-order valence-corrected chi connectivity index (χ1v) is 9.76. The van der Waals surface area contributed by atoms with Gasteiger partial charge in [0.1, 0.15) is 5.60 Å². The van der Waals surface area contributed by atoms with Crippen LogP contribution >= 0.6 is 12.4 Å². The lowest BCUT2D eigenvalue weighted by atomic mass is 9.81. The Kier molecular flexibility index (Phi) is 7.77. The summed E-state index contributed by atoms with van der Waals surface area (Å²) in [4.78, 5) is 14.9. The molecule has 0 saturated carbocycles. The summed E-state index contributed by atoms with van der Waals surface area (Å²) in [5, 5.41) is 0. The molecule has 3 rings (SSSR count). The van der Waals surface area contributed by atoms with Crippen LogP contribution in [0.3, 0.4) is 0 Å². The summed E-state index contributed by atoms with van der Waals surface area (Å²) in [5.74, 6) is -0.124. The number of benzene rings is 1. The highest BCUT2D eigenvalue weighted by molar-refractivity contribution is 5.92. The summed E-state index contributed by atoms with van der Waals surface area (Å²) in [6, 6.07) is 7.92. The van der Waals surface area contributed by atoms with Crippen molar-refractivity contribution in [3.8, 4) is 0 Å². The normalized spacial score (nSPS) is 19.2. The van der Waals surface area contributed by atoms with Crippen molar-refractivity contribution in [2.24, 2.45) is 0 Å². The number of hydrogen-bond acceptors (Lipinski definition) is 3. The topological polar surface area (TPSA) is 29.5 Å². The van der Waals surface area contributed by atoms with E-state index in [2.05, 4.69) is 17.9 Å². The third-order valence-corrected chi connectivity index (χ3v) is 5.65. The van der Waals surface area contributed by atoms with Crippen LogP contribution < -0.4 is 0 Å². The van der Waals surface area contributed by atoms with Gasteiger partial charge in [-0.3, -0.25) is 0 Å². The lowest BCUT2D eigenvalue weighted by Crippen LogP contribution is -2.50.